The second-order valence-electron chi connectivity index (χ2n) is 8.33. The van der Waals surface area contributed by atoms with E-state index in [1.165, 1.54) is 6.42 Å². The molecule has 2 aromatic carbocycles. The quantitative estimate of drug-likeness (QED) is 0.702. The zero-order valence-corrected chi connectivity index (χ0v) is 17.7. The molecule has 0 spiro atoms. The number of para-hydroxylation sites is 2. The van der Waals surface area contributed by atoms with Crippen molar-refractivity contribution in [2.45, 2.75) is 32.2 Å². The van der Waals surface area contributed by atoms with Gasteiger partial charge in [-0.05, 0) is 31.4 Å². The van der Waals surface area contributed by atoms with Crippen molar-refractivity contribution in [3.05, 3.63) is 66.0 Å². The summed E-state index contributed by atoms with van der Waals surface area (Å²) in [5.41, 5.74) is 3.60. The van der Waals surface area contributed by atoms with Crippen molar-refractivity contribution in [3.8, 4) is 17.1 Å². The third-order valence-corrected chi connectivity index (χ3v) is 6.39. The normalized spacial score (nSPS) is 16.6. The van der Waals surface area contributed by atoms with E-state index >= 15 is 0 Å². The molecule has 0 saturated carbocycles. The number of hydrogen-bond donors (Lipinski definition) is 1. The lowest BCUT2D eigenvalue weighted by molar-refractivity contribution is 0.0740. The fourth-order valence-electron chi connectivity index (χ4n) is 4.73. The summed E-state index contributed by atoms with van der Waals surface area (Å²) in [4.78, 5) is 22.5. The number of imidazole rings is 1. The number of aromatic hydroxyl groups is 1. The van der Waals surface area contributed by atoms with Gasteiger partial charge in [-0.1, -0.05) is 48.9 Å². The average molecular weight is 417 g/mol. The summed E-state index contributed by atoms with van der Waals surface area (Å²) in [5, 5.41) is 10.2. The lowest BCUT2D eigenvalue weighted by Crippen LogP contribution is -2.49. The minimum Gasteiger partial charge on any atom is -0.506 e. The predicted molar refractivity (Wildman–Crippen MR) is 121 cm³/mol. The molecule has 2 aliphatic heterocycles. The molecule has 1 aromatic heterocycles. The minimum atomic E-state index is 0.0322. The van der Waals surface area contributed by atoms with Gasteiger partial charge >= 0.3 is 0 Å². The van der Waals surface area contributed by atoms with Crippen LogP contribution in [0, 0.1) is 0 Å². The molecule has 31 heavy (non-hydrogen) atoms. The van der Waals surface area contributed by atoms with Crippen LogP contribution in [0.4, 0.5) is 5.69 Å². The van der Waals surface area contributed by atoms with Gasteiger partial charge in [-0.2, -0.15) is 0 Å². The highest BCUT2D eigenvalue weighted by atomic mass is 16.3. The van der Waals surface area contributed by atoms with Crippen LogP contribution >= 0.6 is 0 Å². The fourth-order valence-corrected chi connectivity index (χ4v) is 4.73. The van der Waals surface area contributed by atoms with E-state index in [-0.39, 0.29) is 11.7 Å². The van der Waals surface area contributed by atoms with Gasteiger partial charge in [0.25, 0.3) is 5.91 Å². The standard InChI is InChI=1S/C25H28N4O2/c30-22-13-7-6-11-20(22)27-15-17-28(18-16-27)25(31)23-21-12-5-2-8-14-29(21)24(26-23)19-9-3-1-4-10-19/h1,3-4,6-7,9-11,13,30H,2,5,8,12,14-18H2. The summed E-state index contributed by atoms with van der Waals surface area (Å²) in [6.07, 6.45) is 4.30. The molecule has 160 valence electrons. The van der Waals surface area contributed by atoms with Crippen molar-refractivity contribution in [2.75, 3.05) is 31.1 Å². The van der Waals surface area contributed by atoms with Crippen LogP contribution in [0.3, 0.4) is 0 Å². The summed E-state index contributed by atoms with van der Waals surface area (Å²) in [6, 6.07) is 17.6. The zero-order chi connectivity index (χ0) is 21.2. The van der Waals surface area contributed by atoms with E-state index in [9.17, 15) is 9.90 Å². The molecule has 0 unspecified atom stereocenters. The lowest BCUT2D eigenvalue weighted by Gasteiger charge is -2.36. The Kier molecular flexibility index (Phi) is 5.37. The number of amides is 1. The number of phenols is 1. The first-order chi connectivity index (χ1) is 15.2. The highest BCUT2D eigenvalue weighted by Crippen LogP contribution is 2.30. The van der Waals surface area contributed by atoms with Crippen LogP contribution in [0.15, 0.2) is 54.6 Å². The fraction of sp³-hybridized carbons (Fsp3) is 0.360. The van der Waals surface area contributed by atoms with Crippen molar-refractivity contribution >= 4 is 11.6 Å². The molecular formula is C25H28N4O2. The molecule has 1 fully saturated rings. The van der Waals surface area contributed by atoms with Gasteiger partial charge in [-0.25, -0.2) is 4.98 Å². The number of benzene rings is 2. The van der Waals surface area contributed by atoms with Gasteiger partial charge < -0.3 is 19.5 Å². The molecule has 5 rings (SSSR count). The van der Waals surface area contributed by atoms with E-state index in [1.807, 2.05) is 41.3 Å². The van der Waals surface area contributed by atoms with E-state index in [0.717, 1.165) is 48.6 Å². The number of rotatable bonds is 3. The first-order valence-corrected chi connectivity index (χ1v) is 11.2. The molecule has 0 atom stereocenters. The second kappa shape index (κ2) is 8.46. The molecule has 6 heteroatoms. The smallest absolute Gasteiger partial charge is 0.274 e. The van der Waals surface area contributed by atoms with Gasteiger partial charge in [0, 0.05) is 38.3 Å². The van der Waals surface area contributed by atoms with Crippen LogP contribution in [-0.4, -0.2) is 51.6 Å². The molecule has 6 nitrogen and oxygen atoms in total. The Balaban J connectivity index is 1.40. The first-order valence-electron chi connectivity index (χ1n) is 11.2. The molecular weight excluding hydrogens is 388 g/mol. The number of carbonyl (C=O) groups excluding carboxylic acids is 1. The van der Waals surface area contributed by atoms with Crippen LogP contribution in [0.1, 0.15) is 35.4 Å². The Morgan fingerprint density at radius 1 is 0.839 bits per heavy atom. The molecule has 1 amide bonds. The second-order valence-corrected chi connectivity index (χ2v) is 8.33. The van der Waals surface area contributed by atoms with Gasteiger partial charge in [-0.3, -0.25) is 4.79 Å². The Morgan fingerprint density at radius 2 is 1.58 bits per heavy atom. The van der Waals surface area contributed by atoms with Gasteiger partial charge in [0.1, 0.15) is 17.3 Å². The van der Waals surface area contributed by atoms with Crippen LogP contribution < -0.4 is 4.90 Å². The van der Waals surface area contributed by atoms with Crippen molar-refractivity contribution in [2.24, 2.45) is 0 Å². The summed E-state index contributed by atoms with van der Waals surface area (Å²) >= 11 is 0. The largest absolute Gasteiger partial charge is 0.506 e. The number of carbonyl (C=O) groups is 1. The molecule has 1 saturated heterocycles. The average Bonchev–Trinajstić information content (AvgIpc) is 3.00. The summed E-state index contributed by atoms with van der Waals surface area (Å²) < 4.78 is 2.27. The van der Waals surface area contributed by atoms with Crippen LogP contribution in [0.25, 0.3) is 11.4 Å². The van der Waals surface area contributed by atoms with Gasteiger partial charge in [0.2, 0.25) is 0 Å². The Bertz CT molecular complexity index is 1070. The number of anilines is 1. The number of aromatic nitrogens is 2. The van der Waals surface area contributed by atoms with Gasteiger partial charge in [-0.15, -0.1) is 0 Å². The van der Waals surface area contributed by atoms with Crippen LogP contribution in [0.2, 0.25) is 0 Å². The van der Waals surface area contributed by atoms with Gasteiger partial charge in [0.05, 0.1) is 11.4 Å². The SMILES string of the molecule is O=C(c1nc(-c2ccccc2)n2c1CCCCC2)N1CCN(c2ccccc2O)CC1. The van der Waals surface area contributed by atoms with Crippen molar-refractivity contribution in [1.29, 1.82) is 0 Å². The number of piperazine rings is 1. The summed E-state index contributed by atoms with van der Waals surface area (Å²) in [6.45, 7) is 3.57. The van der Waals surface area contributed by atoms with Crippen molar-refractivity contribution in [3.63, 3.8) is 0 Å². The first kappa shape index (κ1) is 19.7. The maximum absolute atomic E-state index is 13.5. The van der Waals surface area contributed by atoms with E-state index in [1.54, 1.807) is 6.07 Å². The molecule has 0 aliphatic carbocycles. The lowest BCUT2D eigenvalue weighted by atomic mass is 10.1. The van der Waals surface area contributed by atoms with Crippen LogP contribution in [0.5, 0.6) is 5.75 Å². The Labute approximate surface area is 182 Å². The van der Waals surface area contributed by atoms with E-state index in [2.05, 4.69) is 21.6 Å². The predicted octanol–water partition coefficient (Wildman–Crippen LogP) is 3.94. The molecule has 3 heterocycles. The number of hydrogen-bond acceptors (Lipinski definition) is 4. The molecule has 0 bridgehead atoms. The monoisotopic (exact) mass is 416 g/mol. The third-order valence-electron chi connectivity index (χ3n) is 6.39. The zero-order valence-electron chi connectivity index (χ0n) is 17.7. The van der Waals surface area contributed by atoms with E-state index < -0.39 is 0 Å². The highest BCUT2D eigenvalue weighted by Gasteiger charge is 2.29. The maximum atomic E-state index is 13.5. The van der Waals surface area contributed by atoms with Crippen LogP contribution in [-0.2, 0) is 13.0 Å². The minimum absolute atomic E-state index is 0.0322. The number of phenolic OH excluding ortho intramolecular Hbond substituents is 1. The Morgan fingerprint density at radius 3 is 2.35 bits per heavy atom. The maximum Gasteiger partial charge on any atom is 0.274 e. The summed E-state index contributed by atoms with van der Waals surface area (Å²) in [5.74, 6) is 1.23. The Hall–Kier alpha value is -3.28. The molecule has 2 aliphatic rings. The molecule has 1 N–H and O–H groups in total. The number of fused-ring (bicyclic) bond motifs is 1. The van der Waals surface area contributed by atoms with E-state index in [0.29, 0.717) is 31.9 Å². The molecule has 0 radical (unpaired) electrons. The van der Waals surface area contributed by atoms with Crippen molar-refractivity contribution in [1.82, 2.24) is 14.5 Å². The number of nitrogens with zero attached hydrogens (tertiary/aromatic N) is 4. The third kappa shape index (κ3) is 3.78. The van der Waals surface area contributed by atoms with E-state index in [4.69, 9.17) is 4.98 Å². The topological polar surface area (TPSA) is 61.6 Å². The molecule has 3 aromatic rings. The van der Waals surface area contributed by atoms with Gasteiger partial charge in [0.15, 0.2) is 0 Å². The van der Waals surface area contributed by atoms with Crippen molar-refractivity contribution < 1.29 is 9.90 Å². The summed E-state index contributed by atoms with van der Waals surface area (Å²) in [7, 11) is 0. The highest BCUT2D eigenvalue weighted by molar-refractivity contribution is 5.94.